The van der Waals surface area contributed by atoms with Crippen molar-refractivity contribution in [2.45, 2.75) is 41.9 Å². The highest BCUT2D eigenvalue weighted by Crippen LogP contribution is 2.32. The largest absolute Gasteiger partial charge is 0.759 e. The van der Waals surface area contributed by atoms with Crippen LogP contribution in [-0.2, 0) is 40.9 Å². The molecule has 1 aliphatic heterocycles. The van der Waals surface area contributed by atoms with E-state index in [0.29, 0.717) is 29.1 Å². The molecule has 262 valence electrons. The van der Waals surface area contributed by atoms with Crippen molar-refractivity contribution in [1.29, 1.82) is 0 Å². The average molecular weight is 730 g/mol. The molecule has 0 radical (unpaired) electrons. The lowest BCUT2D eigenvalue weighted by atomic mass is 10.1. The maximum atomic E-state index is 10.8. The van der Waals surface area contributed by atoms with E-state index in [0.717, 1.165) is 11.1 Å². The molecule has 2 aromatic heterocycles. The number of rotatable bonds is 9. The van der Waals surface area contributed by atoms with Crippen LogP contribution < -0.4 is 11.5 Å². The van der Waals surface area contributed by atoms with Gasteiger partial charge in [0.15, 0.2) is 17.7 Å². The molecular formula is C27H33N6O12S3-. The number of nitrogens with zero attached hydrogens (tertiary/aromatic N) is 4. The number of nitrogen functional groups attached to an aromatic ring is 1. The molecule has 4 aromatic rings. The zero-order valence-electron chi connectivity index (χ0n) is 25.1. The van der Waals surface area contributed by atoms with Crippen LogP contribution in [0, 0.1) is 0 Å². The third-order valence-corrected chi connectivity index (χ3v) is 9.50. The molecule has 1 saturated heterocycles. The molecule has 21 heteroatoms. The average Bonchev–Trinajstić information content (AvgIpc) is 3.57. The fraction of sp³-hybridized carbons (Fsp3) is 0.333. The van der Waals surface area contributed by atoms with Gasteiger partial charge in [-0.15, -0.1) is 0 Å². The van der Waals surface area contributed by atoms with Gasteiger partial charge in [0.25, 0.3) is 10.1 Å². The summed E-state index contributed by atoms with van der Waals surface area (Å²) in [5, 5.41) is 29.7. The first kappa shape index (κ1) is 38.7. The minimum atomic E-state index is -5.17. The highest BCUT2D eigenvalue weighted by atomic mass is 32.3. The van der Waals surface area contributed by atoms with Crippen molar-refractivity contribution in [1.82, 2.24) is 19.5 Å². The van der Waals surface area contributed by atoms with Gasteiger partial charge in [0.1, 0.15) is 47.7 Å². The second-order valence-electron chi connectivity index (χ2n) is 10.3. The number of ether oxygens (including phenoxy) is 1. The van der Waals surface area contributed by atoms with Crippen molar-refractivity contribution in [2.24, 2.45) is 5.73 Å². The Labute approximate surface area is 278 Å². The first-order valence-electron chi connectivity index (χ1n) is 13.7. The molecule has 0 amide bonds. The topological polar surface area (TPSA) is 317 Å². The summed E-state index contributed by atoms with van der Waals surface area (Å²) in [7, 11) is -9.50. The van der Waals surface area contributed by atoms with E-state index < -0.39 is 57.1 Å². The van der Waals surface area contributed by atoms with Gasteiger partial charge in [-0.25, -0.2) is 15.0 Å². The molecule has 18 nitrogen and oxygen atoms in total. The molecule has 8 N–H and O–H groups in total. The highest BCUT2D eigenvalue weighted by molar-refractivity contribution is 7.96. The van der Waals surface area contributed by atoms with Gasteiger partial charge < -0.3 is 40.6 Å². The Hall–Kier alpha value is -3.77. The molecule has 2 aromatic carbocycles. The van der Waals surface area contributed by atoms with Gasteiger partial charge in [-0.2, -0.15) is 8.42 Å². The van der Waals surface area contributed by atoms with Crippen LogP contribution in [-0.4, -0.2) is 113 Å². The summed E-state index contributed by atoms with van der Waals surface area (Å²) in [6, 6.07) is 14.8. The molecule has 3 heterocycles. The third kappa shape index (κ3) is 11.2. The summed E-state index contributed by atoms with van der Waals surface area (Å²) in [6.45, 7) is 0. The van der Waals surface area contributed by atoms with E-state index in [1.165, 1.54) is 29.4 Å². The van der Waals surface area contributed by atoms with Gasteiger partial charge in [0, 0.05) is 16.8 Å². The van der Waals surface area contributed by atoms with Crippen LogP contribution in [0.15, 0.2) is 72.1 Å². The van der Waals surface area contributed by atoms with Crippen molar-refractivity contribution in [2.75, 3.05) is 23.5 Å². The van der Waals surface area contributed by atoms with Crippen molar-refractivity contribution in [3.8, 4) is 11.1 Å². The number of aliphatic hydroxyl groups is 2. The minimum absolute atomic E-state index is 0.0906. The maximum Gasteiger partial charge on any atom is 0.320 e. The van der Waals surface area contributed by atoms with E-state index in [9.17, 15) is 23.4 Å². The number of aliphatic hydroxyl groups excluding tert-OH is 2. The number of aromatic nitrogens is 4. The fourth-order valence-corrected chi connectivity index (χ4v) is 6.56. The molecule has 0 aliphatic carbocycles. The predicted molar refractivity (Wildman–Crippen MR) is 171 cm³/mol. The smallest absolute Gasteiger partial charge is 0.320 e. The number of imidazole rings is 1. The summed E-state index contributed by atoms with van der Waals surface area (Å²) in [4.78, 5) is 22.9. The first-order valence-corrected chi connectivity index (χ1v) is 18.4. The fourth-order valence-electron chi connectivity index (χ4n) is 4.42. The number of benzene rings is 2. The van der Waals surface area contributed by atoms with E-state index in [2.05, 4.69) is 15.0 Å². The van der Waals surface area contributed by atoms with Crippen molar-refractivity contribution < 1.29 is 55.3 Å². The van der Waals surface area contributed by atoms with Crippen LogP contribution in [0.2, 0.25) is 0 Å². The van der Waals surface area contributed by atoms with Crippen molar-refractivity contribution in [3.63, 3.8) is 0 Å². The van der Waals surface area contributed by atoms with Crippen LogP contribution in [0.3, 0.4) is 0 Å². The van der Waals surface area contributed by atoms with Crippen LogP contribution in [0.5, 0.6) is 0 Å². The standard InChI is InChI=1S/C15H22N6O5S.C12H10O3S.H2O4S/c1-27(3-2-7(16)15(24)25)4-8-10(22)11(23)14(26-8)21-6-20-9-12(17)18-5-19-13(9)21;13-16(14,15)12-8-6-11(7-9-12)10-4-2-1-3-5-10;1-5(2,3)4/h5-8,10-11,14,22-23H,2-4,16H2,1H3,(H2-,17,18,19,24,25);1-9H,(H,13,14,15);(H2,1,2,3,4)/p-1/t7-,8+,10+,11+,14+,27?;;/m0../s1. The SMILES string of the molecule is C[S+](CC[C@H](N)C(=O)O)C[C@H]1O[C@@H](n2cnc3c(N)ncnc32)[C@H](O)[C@@H]1O.O=S(=O)(O)c1ccc(-c2ccccc2)cc1.O=S(=O)([O-])[O-]. The van der Waals surface area contributed by atoms with Crippen LogP contribution >= 0.6 is 0 Å². The van der Waals surface area contributed by atoms with E-state index in [4.69, 9.17) is 43.4 Å². The number of aliphatic carboxylic acids is 1. The molecular weight excluding hydrogens is 697 g/mol. The Bertz CT molecular complexity index is 1870. The molecule has 5 rings (SSSR count). The molecule has 0 saturated carbocycles. The van der Waals surface area contributed by atoms with Gasteiger partial charge in [0.05, 0.1) is 17.5 Å². The quantitative estimate of drug-likeness (QED) is 0.0707. The minimum Gasteiger partial charge on any atom is -0.759 e. The number of carboxylic acids is 1. The Morgan fingerprint density at radius 2 is 1.58 bits per heavy atom. The number of anilines is 1. The molecule has 48 heavy (non-hydrogen) atoms. The normalized spacial score (nSPS) is 20.6. The number of nitrogens with two attached hydrogens (primary N) is 2. The van der Waals surface area contributed by atoms with Gasteiger partial charge in [-0.3, -0.25) is 22.3 Å². The Balaban J connectivity index is 0.000000251. The number of fused-ring (bicyclic) bond motifs is 1. The summed E-state index contributed by atoms with van der Waals surface area (Å²) in [6.07, 6.45) is 1.31. The zero-order valence-corrected chi connectivity index (χ0v) is 27.5. The number of carboxylic acid groups (broad SMARTS) is 1. The van der Waals surface area contributed by atoms with Gasteiger partial charge in [-0.05, 0) is 34.2 Å². The molecule has 1 aliphatic rings. The van der Waals surface area contributed by atoms with Crippen LogP contribution in [0.25, 0.3) is 22.3 Å². The van der Waals surface area contributed by atoms with Crippen LogP contribution in [0.1, 0.15) is 12.6 Å². The van der Waals surface area contributed by atoms with Crippen LogP contribution in [0.4, 0.5) is 5.82 Å². The van der Waals surface area contributed by atoms with Crippen molar-refractivity contribution in [3.05, 3.63) is 67.3 Å². The lowest BCUT2D eigenvalue weighted by Gasteiger charge is -2.16. The maximum absolute atomic E-state index is 10.8. The first-order chi connectivity index (χ1) is 22.4. The second-order valence-corrected chi connectivity index (χ2v) is 14.8. The van der Waals surface area contributed by atoms with Crippen molar-refractivity contribution >= 4 is 54.4 Å². The molecule has 0 spiro atoms. The molecule has 6 atom stereocenters. The summed E-state index contributed by atoms with van der Waals surface area (Å²) >= 11 is 0. The molecule has 0 bridgehead atoms. The van der Waals surface area contributed by atoms with E-state index >= 15 is 0 Å². The van der Waals surface area contributed by atoms with E-state index in [-0.39, 0.29) is 21.6 Å². The Morgan fingerprint density at radius 1 is 1.00 bits per heavy atom. The summed E-state index contributed by atoms with van der Waals surface area (Å²) in [5.41, 5.74) is 14.0. The zero-order chi connectivity index (χ0) is 35.8. The van der Waals surface area contributed by atoms with Gasteiger partial charge >= 0.3 is 5.97 Å². The lowest BCUT2D eigenvalue weighted by Crippen LogP contribution is -2.37. The van der Waals surface area contributed by atoms with E-state index in [1.54, 1.807) is 12.1 Å². The van der Waals surface area contributed by atoms with Gasteiger partial charge in [-0.1, -0.05) is 42.5 Å². The van der Waals surface area contributed by atoms with Gasteiger partial charge in [0.2, 0.25) is 0 Å². The summed E-state index contributed by atoms with van der Waals surface area (Å²) < 4.78 is 72.0. The Kier molecular flexibility index (Phi) is 13.3. The predicted octanol–water partition coefficient (Wildman–Crippen LogP) is -0.660. The Morgan fingerprint density at radius 3 is 2.15 bits per heavy atom. The molecule has 1 unspecified atom stereocenters. The second kappa shape index (κ2) is 16.6. The number of carbonyl (C=O) groups is 1. The highest BCUT2D eigenvalue weighted by Gasteiger charge is 2.46. The summed E-state index contributed by atoms with van der Waals surface area (Å²) in [5.74, 6) is 0.254. The molecule has 1 fully saturated rings. The lowest BCUT2D eigenvalue weighted by molar-refractivity contribution is -0.138. The third-order valence-electron chi connectivity index (χ3n) is 6.80. The number of hydrogen-bond donors (Lipinski definition) is 6. The monoisotopic (exact) mass is 729 g/mol. The van der Waals surface area contributed by atoms with E-state index in [1.807, 2.05) is 36.6 Å². The number of hydrogen-bond acceptors (Lipinski definition) is 15.